The highest BCUT2D eigenvalue weighted by Crippen LogP contribution is 2.44. The first kappa shape index (κ1) is 19.0. The Hall–Kier alpha value is -3.77. The summed E-state index contributed by atoms with van der Waals surface area (Å²) in [5.41, 5.74) is 4.42. The Morgan fingerprint density at radius 2 is 1.81 bits per heavy atom. The predicted octanol–water partition coefficient (Wildman–Crippen LogP) is 4.69. The van der Waals surface area contributed by atoms with Gasteiger partial charge in [-0.05, 0) is 47.9 Å². The van der Waals surface area contributed by atoms with Crippen LogP contribution in [0.1, 0.15) is 32.6 Å². The number of Topliss-reactive ketones (excluding diaryl/α,β-unsaturated/α-hetero) is 1. The van der Waals surface area contributed by atoms with E-state index in [1.165, 1.54) is 0 Å². The number of fused-ring (bicyclic) bond motifs is 4. The van der Waals surface area contributed by atoms with E-state index in [-0.39, 0.29) is 12.6 Å². The highest BCUT2D eigenvalue weighted by atomic mass is 16.7. The molecule has 0 saturated heterocycles. The van der Waals surface area contributed by atoms with E-state index in [4.69, 9.17) is 18.9 Å². The SMILES string of the molecule is Cc1cc2c(c3c1C(=O)/C(=C/c1ccccc1)O3)CN(Cc1ccc3c(c1)OCO3)CO2. The molecule has 160 valence electrons. The Kier molecular flexibility index (Phi) is 4.40. The van der Waals surface area contributed by atoms with Crippen molar-refractivity contribution in [3.05, 3.63) is 88.2 Å². The molecule has 0 aliphatic carbocycles. The zero-order valence-electron chi connectivity index (χ0n) is 17.6. The number of carbonyl (C=O) groups is 1. The molecule has 32 heavy (non-hydrogen) atoms. The lowest BCUT2D eigenvalue weighted by molar-refractivity contribution is 0.0871. The maximum atomic E-state index is 13.1. The Morgan fingerprint density at radius 3 is 2.69 bits per heavy atom. The Bertz CT molecular complexity index is 1260. The Balaban J connectivity index is 1.29. The fourth-order valence-corrected chi connectivity index (χ4v) is 4.38. The molecule has 0 amide bonds. The number of nitrogens with zero attached hydrogens (tertiary/aromatic N) is 1. The highest BCUT2D eigenvalue weighted by Gasteiger charge is 2.35. The van der Waals surface area contributed by atoms with Crippen LogP contribution < -0.4 is 18.9 Å². The van der Waals surface area contributed by atoms with Gasteiger partial charge < -0.3 is 18.9 Å². The van der Waals surface area contributed by atoms with E-state index in [9.17, 15) is 4.79 Å². The van der Waals surface area contributed by atoms with E-state index >= 15 is 0 Å². The third-order valence-corrected chi connectivity index (χ3v) is 5.93. The molecule has 0 aromatic heterocycles. The summed E-state index contributed by atoms with van der Waals surface area (Å²) in [5.74, 6) is 3.18. The van der Waals surface area contributed by atoms with Gasteiger partial charge in [0.1, 0.15) is 18.2 Å². The van der Waals surface area contributed by atoms with Crippen molar-refractivity contribution >= 4 is 11.9 Å². The summed E-state index contributed by atoms with van der Waals surface area (Å²) in [6.07, 6.45) is 1.79. The number of ketones is 1. The summed E-state index contributed by atoms with van der Waals surface area (Å²) in [6.45, 7) is 3.95. The normalized spacial score (nSPS) is 17.7. The molecule has 0 fully saturated rings. The van der Waals surface area contributed by atoms with E-state index in [1.54, 1.807) is 6.08 Å². The van der Waals surface area contributed by atoms with Gasteiger partial charge in [0.2, 0.25) is 12.6 Å². The lowest BCUT2D eigenvalue weighted by Crippen LogP contribution is -2.31. The number of allylic oxidation sites excluding steroid dienone is 1. The first-order valence-corrected chi connectivity index (χ1v) is 10.5. The van der Waals surface area contributed by atoms with Gasteiger partial charge in [-0.2, -0.15) is 0 Å². The van der Waals surface area contributed by atoms with Crippen molar-refractivity contribution in [2.75, 3.05) is 13.5 Å². The smallest absolute Gasteiger partial charge is 0.232 e. The molecule has 0 atom stereocenters. The van der Waals surface area contributed by atoms with Gasteiger partial charge in [-0.3, -0.25) is 9.69 Å². The molecule has 0 radical (unpaired) electrons. The molecule has 3 aliphatic heterocycles. The van der Waals surface area contributed by atoms with Gasteiger partial charge in [0, 0.05) is 13.1 Å². The molecule has 3 aliphatic rings. The number of rotatable bonds is 3. The molecule has 3 heterocycles. The second-order valence-corrected chi connectivity index (χ2v) is 8.17. The van der Waals surface area contributed by atoms with Crippen LogP contribution in [0.15, 0.2) is 60.4 Å². The minimum Gasteiger partial charge on any atom is -0.478 e. The summed E-state index contributed by atoms with van der Waals surface area (Å²) in [6, 6.07) is 17.6. The van der Waals surface area contributed by atoms with Gasteiger partial charge in [0.05, 0.1) is 11.1 Å². The summed E-state index contributed by atoms with van der Waals surface area (Å²) in [4.78, 5) is 15.3. The predicted molar refractivity (Wildman–Crippen MR) is 118 cm³/mol. The average Bonchev–Trinajstić information content (AvgIpc) is 3.40. The quantitative estimate of drug-likeness (QED) is 0.565. The van der Waals surface area contributed by atoms with Crippen molar-refractivity contribution in [2.24, 2.45) is 0 Å². The standard InChI is InChI=1S/C26H21NO5/c1-16-9-21-19(26-24(16)25(28)23(32-26)10-17-5-3-2-4-6-17)13-27(14-29-21)12-18-7-8-20-22(11-18)31-15-30-20/h2-11H,12-15H2,1H3/b23-10-. The van der Waals surface area contributed by atoms with E-state index in [0.717, 1.165) is 39.5 Å². The molecule has 6 heteroatoms. The van der Waals surface area contributed by atoms with Gasteiger partial charge in [0.25, 0.3) is 0 Å². The van der Waals surface area contributed by atoms with Gasteiger partial charge >= 0.3 is 0 Å². The van der Waals surface area contributed by atoms with Gasteiger partial charge in [-0.25, -0.2) is 0 Å². The first-order valence-electron chi connectivity index (χ1n) is 10.5. The molecule has 0 spiro atoms. The lowest BCUT2D eigenvalue weighted by atomic mass is 9.98. The van der Waals surface area contributed by atoms with Crippen LogP contribution in [0.2, 0.25) is 0 Å². The van der Waals surface area contributed by atoms with Gasteiger partial charge in [0.15, 0.2) is 17.3 Å². The van der Waals surface area contributed by atoms with Crippen molar-refractivity contribution < 1.29 is 23.7 Å². The molecule has 0 unspecified atom stereocenters. The van der Waals surface area contributed by atoms with Crippen molar-refractivity contribution in [1.29, 1.82) is 0 Å². The Morgan fingerprint density at radius 1 is 0.969 bits per heavy atom. The fraction of sp³-hybridized carbons (Fsp3) is 0.192. The second kappa shape index (κ2) is 7.43. The van der Waals surface area contributed by atoms with Crippen LogP contribution in [0, 0.1) is 6.92 Å². The number of hydrogen-bond acceptors (Lipinski definition) is 6. The molecule has 6 nitrogen and oxygen atoms in total. The minimum absolute atomic E-state index is 0.0861. The van der Waals surface area contributed by atoms with Crippen LogP contribution in [0.4, 0.5) is 0 Å². The van der Waals surface area contributed by atoms with Crippen molar-refractivity contribution in [1.82, 2.24) is 4.90 Å². The van der Waals surface area contributed by atoms with Crippen molar-refractivity contribution in [2.45, 2.75) is 20.0 Å². The fourth-order valence-electron chi connectivity index (χ4n) is 4.38. The largest absolute Gasteiger partial charge is 0.478 e. The van der Waals surface area contributed by atoms with E-state index in [1.807, 2.05) is 61.5 Å². The van der Waals surface area contributed by atoms with Crippen LogP contribution in [0.25, 0.3) is 6.08 Å². The Labute approximate surface area is 185 Å². The molecule has 0 N–H and O–H groups in total. The van der Waals surface area contributed by atoms with Crippen molar-refractivity contribution in [3.8, 4) is 23.0 Å². The minimum atomic E-state index is -0.0861. The highest BCUT2D eigenvalue weighted by molar-refractivity contribution is 6.15. The summed E-state index contributed by atoms with van der Waals surface area (Å²) in [5, 5.41) is 0. The average molecular weight is 427 g/mol. The third kappa shape index (κ3) is 3.20. The van der Waals surface area contributed by atoms with Gasteiger partial charge in [-0.1, -0.05) is 36.4 Å². The number of aryl methyl sites for hydroxylation is 1. The van der Waals surface area contributed by atoms with Crippen molar-refractivity contribution in [3.63, 3.8) is 0 Å². The molecule has 3 aromatic rings. The van der Waals surface area contributed by atoms with Crippen LogP contribution in [0.5, 0.6) is 23.0 Å². The zero-order valence-corrected chi connectivity index (χ0v) is 17.6. The second-order valence-electron chi connectivity index (χ2n) is 8.17. The number of carbonyl (C=O) groups excluding carboxylic acids is 1. The number of hydrogen-bond donors (Lipinski definition) is 0. The number of benzene rings is 3. The molecular formula is C26H21NO5. The lowest BCUT2D eigenvalue weighted by Gasteiger charge is -2.30. The van der Waals surface area contributed by atoms with Crippen LogP contribution in [0.3, 0.4) is 0 Å². The van der Waals surface area contributed by atoms with E-state index < -0.39 is 0 Å². The van der Waals surface area contributed by atoms with Crippen LogP contribution >= 0.6 is 0 Å². The summed E-state index contributed by atoms with van der Waals surface area (Å²) >= 11 is 0. The molecule has 0 bridgehead atoms. The third-order valence-electron chi connectivity index (χ3n) is 5.93. The monoisotopic (exact) mass is 427 g/mol. The van der Waals surface area contributed by atoms with Crippen LogP contribution in [-0.2, 0) is 13.1 Å². The molecule has 6 rings (SSSR count). The van der Waals surface area contributed by atoms with E-state index in [2.05, 4.69) is 4.90 Å². The maximum absolute atomic E-state index is 13.1. The number of ether oxygens (including phenoxy) is 4. The molecular weight excluding hydrogens is 406 g/mol. The topological polar surface area (TPSA) is 57.2 Å². The molecule has 0 saturated carbocycles. The zero-order chi connectivity index (χ0) is 21.7. The summed E-state index contributed by atoms with van der Waals surface area (Å²) < 4.78 is 23.1. The summed E-state index contributed by atoms with van der Waals surface area (Å²) in [7, 11) is 0. The first-order chi connectivity index (χ1) is 15.7. The van der Waals surface area contributed by atoms with Crippen LogP contribution in [-0.4, -0.2) is 24.2 Å². The van der Waals surface area contributed by atoms with Gasteiger partial charge in [-0.15, -0.1) is 0 Å². The van der Waals surface area contributed by atoms with E-state index in [0.29, 0.717) is 36.9 Å². The maximum Gasteiger partial charge on any atom is 0.232 e. The molecule has 3 aromatic carbocycles.